The highest BCUT2D eigenvalue weighted by molar-refractivity contribution is 14.1. The van der Waals surface area contributed by atoms with Crippen LogP contribution < -0.4 is 5.32 Å². The van der Waals surface area contributed by atoms with E-state index in [0.29, 0.717) is 16.6 Å². The van der Waals surface area contributed by atoms with E-state index < -0.39 is 5.97 Å². The van der Waals surface area contributed by atoms with Crippen LogP contribution in [-0.2, 0) is 6.54 Å². The number of rotatable bonds is 4. The van der Waals surface area contributed by atoms with Gasteiger partial charge in [0.15, 0.2) is 4.47 Å². The lowest BCUT2D eigenvalue weighted by molar-refractivity contribution is 0.0697. The fraction of sp³-hybridized carbons (Fsp3) is 0.0909. The molecule has 1 heterocycles. The molecule has 2 N–H and O–H groups in total. The maximum atomic E-state index is 11.0. The molecule has 0 spiro atoms. The summed E-state index contributed by atoms with van der Waals surface area (Å²) < 4.78 is 2.26. The first kappa shape index (κ1) is 15.3. The summed E-state index contributed by atoms with van der Waals surface area (Å²) in [6, 6.07) is 3.29. The lowest BCUT2D eigenvalue weighted by Crippen LogP contribution is -2.05. The zero-order valence-electron chi connectivity index (χ0n) is 9.28. The summed E-state index contributed by atoms with van der Waals surface area (Å²) in [4.78, 5) is 16.0. The molecule has 0 aliphatic rings. The molecule has 0 aliphatic carbocycles. The van der Waals surface area contributed by atoms with Crippen LogP contribution in [0, 0.1) is 7.14 Å². The van der Waals surface area contributed by atoms with Gasteiger partial charge in [-0.2, -0.15) is 0 Å². The highest BCUT2D eigenvalue weighted by atomic mass is 127. The Labute approximate surface area is 145 Å². The fourth-order valence-electron chi connectivity index (χ4n) is 1.41. The van der Waals surface area contributed by atoms with Crippen LogP contribution in [0.5, 0.6) is 0 Å². The lowest BCUT2D eigenvalue weighted by Gasteiger charge is -2.11. The van der Waals surface area contributed by atoms with Gasteiger partial charge in [-0.3, -0.25) is 0 Å². The van der Waals surface area contributed by atoms with Crippen molar-refractivity contribution in [1.29, 1.82) is 0 Å². The fourth-order valence-corrected chi connectivity index (χ4v) is 4.47. The van der Waals surface area contributed by atoms with E-state index in [9.17, 15) is 4.79 Å². The summed E-state index contributed by atoms with van der Waals surface area (Å²) in [6.07, 6.45) is 1.73. The van der Waals surface area contributed by atoms with Gasteiger partial charge in [0.25, 0.3) is 0 Å². The van der Waals surface area contributed by atoms with Crippen molar-refractivity contribution >= 4 is 79.8 Å². The van der Waals surface area contributed by atoms with Gasteiger partial charge in [-0.05, 0) is 57.3 Å². The molecule has 0 bridgehead atoms. The molecule has 0 saturated heterocycles. The Kier molecular flexibility index (Phi) is 5.26. The van der Waals surface area contributed by atoms with Crippen molar-refractivity contribution in [2.24, 2.45) is 0 Å². The predicted octanol–water partition coefficient (Wildman–Crippen LogP) is 4.32. The molecule has 100 valence electrons. The number of anilines is 1. The quantitative estimate of drug-likeness (QED) is 0.590. The van der Waals surface area contributed by atoms with Crippen molar-refractivity contribution in [1.82, 2.24) is 4.98 Å². The van der Waals surface area contributed by atoms with Gasteiger partial charge in [-0.1, -0.05) is 11.6 Å². The number of carbonyl (C=O) groups is 1. The molecule has 0 fully saturated rings. The molecule has 0 unspecified atom stereocenters. The van der Waals surface area contributed by atoms with E-state index in [1.165, 1.54) is 11.3 Å². The van der Waals surface area contributed by atoms with Crippen LogP contribution in [0.4, 0.5) is 5.69 Å². The standard InChI is InChI=1S/C11H7ClI2N2O2S/c12-11-16-4-6(19-11)3-15-9-7(13)1-5(10(17)18)2-8(9)14/h1-2,4,15H,3H2,(H,17,18). The maximum Gasteiger partial charge on any atom is 0.335 e. The zero-order valence-corrected chi connectivity index (χ0v) is 15.2. The highest BCUT2D eigenvalue weighted by Crippen LogP contribution is 2.28. The first-order valence-corrected chi connectivity index (χ1v) is 8.39. The maximum absolute atomic E-state index is 11.0. The summed E-state index contributed by atoms with van der Waals surface area (Å²) in [6.45, 7) is 0.614. The number of carboxylic acids is 1. The summed E-state index contributed by atoms with van der Waals surface area (Å²) in [5.41, 5.74) is 1.22. The lowest BCUT2D eigenvalue weighted by atomic mass is 10.2. The summed E-state index contributed by atoms with van der Waals surface area (Å²) in [7, 11) is 0. The third-order valence-electron chi connectivity index (χ3n) is 2.25. The Balaban J connectivity index is 2.18. The van der Waals surface area contributed by atoms with Gasteiger partial charge in [0, 0.05) is 18.2 Å². The van der Waals surface area contributed by atoms with Crippen LogP contribution in [0.3, 0.4) is 0 Å². The van der Waals surface area contributed by atoms with Crippen molar-refractivity contribution in [2.45, 2.75) is 6.54 Å². The number of benzene rings is 1. The third-order valence-corrected chi connectivity index (χ3v) is 5.07. The van der Waals surface area contributed by atoms with Crippen LogP contribution in [-0.4, -0.2) is 16.1 Å². The Morgan fingerprint density at radius 1 is 1.42 bits per heavy atom. The Morgan fingerprint density at radius 3 is 2.53 bits per heavy atom. The largest absolute Gasteiger partial charge is 0.478 e. The Morgan fingerprint density at radius 2 is 2.05 bits per heavy atom. The molecular weight excluding hydrogens is 513 g/mol. The number of nitrogens with zero attached hydrogens (tertiary/aromatic N) is 1. The summed E-state index contributed by atoms with van der Waals surface area (Å²) in [5, 5.41) is 12.3. The number of hydrogen-bond acceptors (Lipinski definition) is 4. The topological polar surface area (TPSA) is 62.2 Å². The number of aromatic nitrogens is 1. The van der Waals surface area contributed by atoms with E-state index >= 15 is 0 Å². The first-order chi connectivity index (χ1) is 8.97. The van der Waals surface area contributed by atoms with Crippen LogP contribution >= 0.6 is 68.1 Å². The molecule has 0 radical (unpaired) electrons. The van der Waals surface area contributed by atoms with Gasteiger partial charge in [0.1, 0.15) is 0 Å². The number of halogens is 3. The minimum absolute atomic E-state index is 0.292. The van der Waals surface area contributed by atoms with E-state index in [4.69, 9.17) is 16.7 Å². The Bertz CT molecular complexity index is 610. The minimum atomic E-state index is -0.920. The van der Waals surface area contributed by atoms with E-state index in [0.717, 1.165) is 17.7 Å². The summed E-state index contributed by atoms with van der Waals surface area (Å²) in [5.74, 6) is -0.920. The second-order valence-electron chi connectivity index (χ2n) is 3.55. The van der Waals surface area contributed by atoms with E-state index in [1.807, 2.05) is 0 Å². The normalized spacial score (nSPS) is 10.5. The van der Waals surface area contributed by atoms with Gasteiger partial charge >= 0.3 is 5.97 Å². The highest BCUT2D eigenvalue weighted by Gasteiger charge is 2.11. The number of nitrogens with one attached hydrogen (secondary N) is 1. The van der Waals surface area contributed by atoms with Crippen LogP contribution in [0.25, 0.3) is 0 Å². The smallest absolute Gasteiger partial charge is 0.335 e. The molecule has 2 rings (SSSR count). The molecule has 0 saturated carbocycles. The van der Waals surface area contributed by atoms with Crippen LogP contribution in [0.15, 0.2) is 18.3 Å². The molecule has 4 nitrogen and oxygen atoms in total. The van der Waals surface area contributed by atoms with E-state index in [-0.39, 0.29) is 0 Å². The van der Waals surface area contributed by atoms with Gasteiger partial charge in [0.05, 0.1) is 17.8 Å². The van der Waals surface area contributed by atoms with Gasteiger partial charge in [-0.15, -0.1) is 11.3 Å². The number of carboxylic acid groups (broad SMARTS) is 1. The summed E-state index contributed by atoms with van der Waals surface area (Å²) >= 11 is 11.4. The van der Waals surface area contributed by atoms with Gasteiger partial charge in [0.2, 0.25) is 0 Å². The van der Waals surface area contributed by atoms with Crippen LogP contribution in [0.2, 0.25) is 4.47 Å². The zero-order chi connectivity index (χ0) is 14.0. The molecule has 8 heteroatoms. The van der Waals surface area contributed by atoms with Gasteiger partial charge in [-0.25, -0.2) is 9.78 Å². The number of aromatic carboxylic acids is 1. The van der Waals surface area contributed by atoms with Crippen molar-refractivity contribution in [3.63, 3.8) is 0 Å². The SMILES string of the molecule is O=C(O)c1cc(I)c(NCc2cnc(Cl)s2)c(I)c1. The monoisotopic (exact) mass is 520 g/mol. The number of hydrogen-bond donors (Lipinski definition) is 2. The van der Waals surface area contributed by atoms with Gasteiger partial charge < -0.3 is 10.4 Å². The predicted molar refractivity (Wildman–Crippen MR) is 93.3 cm³/mol. The Hall–Kier alpha value is -0.130. The first-order valence-electron chi connectivity index (χ1n) is 5.04. The average Bonchev–Trinajstić information content (AvgIpc) is 2.73. The molecule has 0 amide bonds. The van der Waals surface area contributed by atoms with E-state index in [2.05, 4.69) is 55.5 Å². The van der Waals surface area contributed by atoms with Crippen molar-refractivity contribution in [2.75, 3.05) is 5.32 Å². The molecule has 1 aromatic heterocycles. The molecule has 2 aromatic rings. The molecule has 1 aromatic carbocycles. The molecule has 0 atom stereocenters. The van der Waals surface area contributed by atoms with E-state index in [1.54, 1.807) is 18.3 Å². The second kappa shape index (κ2) is 6.55. The number of thiazole rings is 1. The second-order valence-corrected chi connectivity index (χ2v) is 7.57. The average molecular weight is 521 g/mol. The van der Waals surface area contributed by atoms with Crippen molar-refractivity contribution in [3.05, 3.63) is 40.4 Å². The molecular formula is C11H7ClI2N2O2S. The van der Waals surface area contributed by atoms with Crippen LogP contribution in [0.1, 0.15) is 15.2 Å². The van der Waals surface area contributed by atoms with Crippen molar-refractivity contribution in [3.8, 4) is 0 Å². The van der Waals surface area contributed by atoms with Crippen molar-refractivity contribution < 1.29 is 9.90 Å². The molecule has 0 aliphatic heterocycles. The minimum Gasteiger partial charge on any atom is -0.478 e. The molecule has 19 heavy (non-hydrogen) atoms. The third kappa shape index (κ3) is 3.92.